The van der Waals surface area contributed by atoms with Gasteiger partial charge in [0.25, 0.3) is 0 Å². The summed E-state index contributed by atoms with van der Waals surface area (Å²) >= 11 is 0. The zero-order valence-electron chi connectivity index (χ0n) is 11.2. The van der Waals surface area contributed by atoms with E-state index in [0.29, 0.717) is 12.8 Å². The van der Waals surface area contributed by atoms with Gasteiger partial charge in [-0.1, -0.05) is 0 Å². The van der Waals surface area contributed by atoms with Crippen molar-refractivity contribution in [2.75, 3.05) is 27.2 Å². The Labute approximate surface area is 108 Å². The monoisotopic (exact) mass is 254 g/mol. The number of hydrogen-bond donors (Lipinski definition) is 0. The van der Waals surface area contributed by atoms with Gasteiger partial charge in [0.05, 0.1) is 7.11 Å². The average Bonchev–Trinajstić information content (AvgIpc) is 2.61. The van der Waals surface area contributed by atoms with Gasteiger partial charge in [0.15, 0.2) is 0 Å². The van der Waals surface area contributed by atoms with Crippen molar-refractivity contribution >= 4 is 11.9 Å². The van der Waals surface area contributed by atoms with E-state index in [4.69, 9.17) is 4.74 Å². The van der Waals surface area contributed by atoms with Crippen molar-refractivity contribution in [2.24, 2.45) is 0 Å². The first-order valence-electron chi connectivity index (χ1n) is 6.71. The maximum atomic E-state index is 12.0. The van der Waals surface area contributed by atoms with Gasteiger partial charge in [-0.15, -0.1) is 0 Å². The molecule has 2 aliphatic heterocycles. The number of hydrogen-bond acceptors (Lipinski definition) is 4. The summed E-state index contributed by atoms with van der Waals surface area (Å²) in [6.45, 7) is 2.06. The molecule has 0 aromatic carbocycles. The summed E-state index contributed by atoms with van der Waals surface area (Å²) in [6, 6.07) is -0.148. The Morgan fingerprint density at radius 3 is 2.78 bits per heavy atom. The predicted octanol–water partition coefficient (Wildman–Crippen LogP) is 0.635. The number of likely N-dealkylation sites (tertiary alicyclic amines) is 2. The molecule has 2 saturated heterocycles. The highest BCUT2D eigenvalue weighted by molar-refractivity contribution is 5.88. The lowest BCUT2D eigenvalue weighted by atomic mass is 10.1. The van der Waals surface area contributed by atoms with Gasteiger partial charge in [-0.2, -0.15) is 0 Å². The molecule has 0 aliphatic carbocycles. The van der Waals surface area contributed by atoms with E-state index >= 15 is 0 Å². The lowest BCUT2D eigenvalue weighted by Crippen LogP contribution is -2.46. The lowest BCUT2D eigenvalue weighted by molar-refractivity contribution is -0.151. The molecule has 0 bridgehead atoms. The Hall–Kier alpha value is -1.10. The zero-order valence-corrected chi connectivity index (χ0v) is 11.2. The smallest absolute Gasteiger partial charge is 0.328 e. The highest BCUT2D eigenvalue weighted by Crippen LogP contribution is 2.27. The minimum absolute atomic E-state index is 0.111. The third kappa shape index (κ3) is 2.66. The average molecular weight is 254 g/mol. The molecule has 2 aliphatic rings. The van der Waals surface area contributed by atoms with Crippen molar-refractivity contribution in [3.63, 3.8) is 0 Å². The molecule has 2 heterocycles. The van der Waals surface area contributed by atoms with E-state index in [1.807, 2.05) is 0 Å². The molecular weight excluding hydrogens is 232 g/mol. The quantitative estimate of drug-likeness (QED) is 0.678. The Morgan fingerprint density at radius 2 is 2.06 bits per heavy atom. The fourth-order valence-corrected chi connectivity index (χ4v) is 3.03. The Balaban J connectivity index is 2.08. The molecule has 0 aromatic heterocycles. The molecule has 102 valence electrons. The fraction of sp³-hybridized carbons (Fsp3) is 0.846. The second-order valence-corrected chi connectivity index (χ2v) is 5.27. The number of rotatable bonds is 2. The van der Waals surface area contributed by atoms with Gasteiger partial charge in [0.2, 0.25) is 5.91 Å². The van der Waals surface area contributed by atoms with E-state index in [1.165, 1.54) is 7.11 Å². The van der Waals surface area contributed by atoms with E-state index in [2.05, 4.69) is 11.9 Å². The standard InChI is InChI=1S/C13H22N2O3/c1-14-8-3-4-10(7-9-14)15-11(13(17)18-2)5-6-12(15)16/h10-11H,3-9H2,1-2H3. The largest absolute Gasteiger partial charge is 0.467 e. The van der Waals surface area contributed by atoms with Gasteiger partial charge in [-0.25, -0.2) is 4.79 Å². The first kappa shape index (κ1) is 13.3. The summed E-state index contributed by atoms with van der Waals surface area (Å²) in [4.78, 5) is 27.8. The van der Waals surface area contributed by atoms with E-state index in [9.17, 15) is 9.59 Å². The maximum Gasteiger partial charge on any atom is 0.328 e. The molecule has 2 unspecified atom stereocenters. The predicted molar refractivity (Wildman–Crippen MR) is 67.0 cm³/mol. The number of esters is 1. The summed E-state index contributed by atoms with van der Waals surface area (Å²) in [5.41, 5.74) is 0. The van der Waals surface area contributed by atoms with Crippen LogP contribution in [0.3, 0.4) is 0 Å². The van der Waals surface area contributed by atoms with Crippen LogP contribution in [0.5, 0.6) is 0 Å². The first-order valence-corrected chi connectivity index (χ1v) is 6.71. The molecule has 0 spiro atoms. The van der Waals surface area contributed by atoms with Crippen LogP contribution in [0.15, 0.2) is 0 Å². The summed E-state index contributed by atoms with van der Waals surface area (Å²) < 4.78 is 4.81. The molecule has 0 radical (unpaired) electrons. The summed E-state index contributed by atoms with van der Waals surface area (Å²) in [6.07, 6.45) is 4.11. The van der Waals surface area contributed by atoms with Crippen LogP contribution in [-0.4, -0.2) is 61.0 Å². The van der Waals surface area contributed by atoms with Crippen LogP contribution in [0, 0.1) is 0 Å². The topological polar surface area (TPSA) is 49.9 Å². The van der Waals surface area contributed by atoms with Crippen LogP contribution in [-0.2, 0) is 14.3 Å². The third-order valence-corrected chi connectivity index (χ3v) is 4.04. The minimum Gasteiger partial charge on any atom is -0.467 e. The number of carbonyl (C=O) groups is 2. The molecule has 5 heteroatoms. The molecule has 0 saturated carbocycles. The molecule has 2 fully saturated rings. The highest BCUT2D eigenvalue weighted by atomic mass is 16.5. The fourth-order valence-electron chi connectivity index (χ4n) is 3.03. The molecular formula is C13H22N2O3. The van der Waals surface area contributed by atoms with E-state index in [1.54, 1.807) is 4.90 Å². The van der Waals surface area contributed by atoms with Crippen LogP contribution in [0.2, 0.25) is 0 Å². The Kier molecular flexibility index (Phi) is 4.22. The number of carbonyl (C=O) groups excluding carboxylic acids is 2. The Morgan fingerprint density at radius 1 is 1.28 bits per heavy atom. The summed E-state index contributed by atoms with van der Waals surface area (Å²) in [5.74, 6) is -0.154. The van der Waals surface area contributed by atoms with Gasteiger partial charge in [-0.3, -0.25) is 4.79 Å². The molecule has 0 N–H and O–H groups in total. The highest BCUT2D eigenvalue weighted by Gasteiger charge is 2.40. The summed E-state index contributed by atoms with van der Waals surface area (Å²) in [7, 11) is 3.50. The molecule has 0 aromatic rings. The summed E-state index contributed by atoms with van der Waals surface area (Å²) in [5, 5.41) is 0. The molecule has 1 amide bonds. The number of methoxy groups -OCH3 is 1. The van der Waals surface area contributed by atoms with Crippen LogP contribution in [0.25, 0.3) is 0 Å². The van der Waals surface area contributed by atoms with Crippen LogP contribution in [0.1, 0.15) is 32.1 Å². The van der Waals surface area contributed by atoms with Crippen LogP contribution >= 0.6 is 0 Å². The number of nitrogens with zero attached hydrogens (tertiary/aromatic N) is 2. The van der Waals surface area contributed by atoms with Crippen molar-refractivity contribution < 1.29 is 14.3 Å². The number of ether oxygens (including phenoxy) is 1. The normalized spacial score (nSPS) is 30.3. The SMILES string of the molecule is COC(=O)C1CCC(=O)N1C1CCCN(C)CC1. The molecule has 18 heavy (non-hydrogen) atoms. The Bertz CT molecular complexity index is 332. The maximum absolute atomic E-state index is 12.0. The van der Waals surface area contributed by atoms with Crippen LogP contribution in [0.4, 0.5) is 0 Å². The van der Waals surface area contributed by atoms with E-state index < -0.39 is 0 Å². The number of amides is 1. The third-order valence-electron chi connectivity index (χ3n) is 4.04. The second-order valence-electron chi connectivity index (χ2n) is 5.27. The second kappa shape index (κ2) is 5.69. The van der Waals surface area contributed by atoms with Crippen molar-refractivity contribution in [2.45, 2.75) is 44.2 Å². The van der Waals surface area contributed by atoms with Crippen molar-refractivity contribution in [1.82, 2.24) is 9.80 Å². The van der Waals surface area contributed by atoms with Crippen molar-refractivity contribution in [1.29, 1.82) is 0 Å². The molecule has 2 rings (SSSR count). The zero-order chi connectivity index (χ0) is 13.1. The van der Waals surface area contributed by atoms with Gasteiger partial charge >= 0.3 is 5.97 Å². The van der Waals surface area contributed by atoms with Gasteiger partial charge in [0, 0.05) is 12.5 Å². The first-order chi connectivity index (χ1) is 8.63. The molecule has 5 nitrogen and oxygen atoms in total. The van der Waals surface area contributed by atoms with Crippen molar-refractivity contribution in [3.8, 4) is 0 Å². The van der Waals surface area contributed by atoms with E-state index in [0.717, 1.165) is 32.4 Å². The minimum atomic E-state index is -0.351. The van der Waals surface area contributed by atoms with E-state index in [-0.39, 0.29) is 24.0 Å². The van der Waals surface area contributed by atoms with Crippen LogP contribution < -0.4 is 0 Å². The lowest BCUT2D eigenvalue weighted by Gasteiger charge is -2.31. The van der Waals surface area contributed by atoms with Gasteiger partial charge in [0.1, 0.15) is 6.04 Å². The molecule has 2 atom stereocenters. The van der Waals surface area contributed by atoms with Gasteiger partial charge in [-0.05, 0) is 45.8 Å². The van der Waals surface area contributed by atoms with Gasteiger partial charge < -0.3 is 14.5 Å². The van der Waals surface area contributed by atoms with Crippen molar-refractivity contribution in [3.05, 3.63) is 0 Å².